The predicted octanol–water partition coefficient (Wildman–Crippen LogP) is 4.56. The van der Waals surface area contributed by atoms with Crippen LogP contribution in [-0.2, 0) is 16.0 Å². The van der Waals surface area contributed by atoms with Crippen molar-refractivity contribution in [1.82, 2.24) is 5.32 Å². The Labute approximate surface area is 159 Å². The van der Waals surface area contributed by atoms with Crippen LogP contribution in [0.25, 0.3) is 16.8 Å². The Bertz CT molecular complexity index is 974. The lowest BCUT2D eigenvalue weighted by molar-refractivity contribution is -0.121. The van der Waals surface area contributed by atoms with E-state index < -0.39 is 0 Å². The van der Waals surface area contributed by atoms with Crippen LogP contribution in [0.2, 0.25) is 0 Å². The van der Waals surface area contributed by atoms with Crippen LogP contribution in [-0.4, -0.2) is 18.2 Å². The van der Waals surface area contributed by atoms with Crippen LogP contribution in [0.5, 0.6) is 0 Å². The fourth-order valence-corrected chi connectivity index (χ4v) is 3.03. The summed E-state index contributed by atoms with van der Waals surface area (Å²) in [5, 5.41) is 5.07. The van der Waals surface area contributed by atoms with Crippen LogP contribution in [0.4, 0.5) is 0 Å². The highest BCUT2D eigenvalue weighted by Gasteiger charge is 2.14. The first-order valence-corrected chi connectivity index (χ1v) is 9.17. The smallest absolute Gasteiger partial charge is 0.254 e. The maximum absolute atomic E-state index is 12.5. The Morgan fingerprint density at radius 1 is 0.889 bits per heavy atom. The van der Waals surface area contributed by atoms with Crippen LogP contribution in [0.15, 0.2) is 78.4 Å². The van der Waals surface area contributed by atoms with Crippen molar-refractivity contribution in [1.29, 1.82) is 0 Å². The number of nitrogens with one attached hydrogen (secondary N) is 1. The van der Waals surface area contributed by atoms with Gasteiger partial charge in [-0.3, -0.25) is 9.59 Å². The largest absolute Gasteiger partial charge is 0.352 e. The molecule has 3 aromatic carbocycles. The molecule has 1 N–H and O–H groups in total. The average molecular weight is 357 g/mol. The van der Waals surface area contributed by atoms with E-state index in [2.05, 4.69) is 17.4 Å². The van der Waals surface area contributed by atoms with Gasteiger partial charge in [0, 0.05) is 6.54 Å². The van der Waals surface area contributed by atoms with Gasteiger partial charge >= 0.3 is 0 Å². The molecule has 1 amide bonds. The summed E-state index contributed by atoms with van der Waals surface area (Å²) in [7, 11) is 0. The van der Waals surface area contributed by atoms with Gasteiger partial charge in [-0.15, -0.1) is 0 Å². The second-order valence-corrected chi connectivity index (χ2v) is 6.57. The number of carbonyl (C=O) groups excluding carboxylic acids is 2. The lowest BCUT2D eigenvalue weighted by Gasteiger charge is -2.08. The van der Waals surface area contributed by atoms with Gasteiger partial charge in [0.25, 0.3) is 5.91 Å². The standard InChI is InChI=1S/C24H23NO2/c1-18(26)23(17-20-13-14-21-11-5-6-12-22(21)16-20)24(27)25-15-7-10-19-8-3-2-4-9-19/h2-6,8-9,11-14,16-17H,7,10,15H2,1H3,(H,25,27). The van der Waals surface area contributed by atoms with Gasteiger partial charge in [-0.2, -0.15) is 0 Å². The zero-order valence-electron chi connectivity index (χ0n) is 15.4. The lowest BCUT2D eigenvalue weighted by Crippen LogP contribution is -2.28. The fourth-order valence-electron chi connectivity index (χ4n) is 3.03. The molecular weight excluding hydrogens is 334 g/mol. The van der Waals surface area contributed by atoms with Crippen molar-refractivity contribution in [3.63, 3.8) is 0 Å². The summed E-state index contributed by atoms with van der Waals surface area (Å²) in [5.74, 6) is -0.549. The molecule has 0 spiro atoms. The number of benzene rings is 3. The van der Waals surface area contributed by atoms with Crippen molar-refractivity contribution in [3.8, 4) is 0 Å². The summed E-state index contributed by atoms with van der Waals surface area (Å²) in [6.07, 6.45) is 3.39. The van der Waals surface area contributed by atoms with Gasteiger partial charge in [-0.1, -0.05) is 66.7 Å². The van der Waals surface area contributed by atoms with Crippen LogP contribution in [0.3, 0.4) is 0 Å². The summed E-state index contributed by atoms with van der Waals surface area (Å²) in [4.78, 5) is 24.4. The summed E-state index contributed by atoms with van der Waals surface area (Å²) in [6.45, 7) is 1.96. The molecule has 0 aliphatic heterocycles. The van der Waals surface area contributed by atoms with Crippen molar-refractivity contribution in [2.24, 2.45) is 0 Å². The van der Waals surface area contributed by atoms with E-state index in [1.54, 1.807) is 6.08 Å². The predicted molar refractivity (Wildman–Crippen MR) is 110 cm³/mol. The zero-order valence-corrected chi connectivity index (χ0v) is 15.4. The molecule has 0 heterocycles. The third-order valence-corrected chi connectivity index (χ3v) is 4.48. The normalized spacial score (nSPS) is 11.4. The number of hydrogen-bond donors (Lipinski definition) is 1. The Morgan fingerprint density at radius 3 is 2.33 bits per heavy atom. The molecule has 0 aliphatic carbocycles. The molecule has 0 unspecified atom stereocenters. The maximum Gasteiger partial charge on any atom is 0.254 e. The van der Waals surface area contributed by atoms with Crippen molar-refractivity contribution in [2.75, 3.05) is 6.54 Å². The van der Waals surface area contributed by atoms with Crippen molar-refractivity contribution in [2.45, 2.75) is 19.8 Å². The van der Waals surface area contributed by atoms with E-state index in [1.165, 1.54) is 12.5 Å². The van der Waals surface area contributed by atoms with E-state index in [-0.39, 0.29) is 17.3 Å². The third kappa shape index (κ3) is 5.14. The first kappa shape index (κ1) is 18.6. The van der Waals surface area contributed by atoms with E-state index in [0.717, 1.165) is 29.2 Å². The van der Waals surface area contributed by atoms with Crippen molar-refractivity contribution >= 4 is 28.5 Å². The Balaban J connectivity index is 1.65. The van der Waals surface area contributed by atoms with Crippen molar-refractivity contribution in [3.05, 3.63) is 89.5 Å². The van der Waals surface area contributed by atoms with E-state index in [0.29, 0.717) is 6.54 Å². The maximum atomic E-state index is 12.5. The SMILES string of the molecule is CC(=O)C(=Cc1ccc2ccccc2c1)C(=O)NCCCc1ccccc1. The van der Waals surface area contributed by atoms with E-state index in [1.807, 2.05) is 60.7 Å². The Hall–Kier alpha value is -3.20. The minimum absolute atomic E-state index is 0.185. The van der Waals surface area contributed by atoms with Gasteiger partial charge in [-0.25, -0.2) is 0 Å². The molecule has 3 nitrogen and oxygen atoms in total. The molecule has 0 aromatic heterocycles. The summed E-state index contributed by atoms with van der Waals surface area (Å²) >= 11 is 0. The quantitative estimate of drug-likeness (QED) is 0.292. The third-order valence-electron chi connectivity index (χ3n) is 4.48. The number of rotatable bonds is 7. The molecule has 3 heteroatoms. The molecule has 136 valence electrons. The fraction of sp³-hybridized carbons (Fsp3) is 0.167. The first-order chi connectivity index (χ1) is 13.1. The molecule has 0 atom stereocenters. The Kier molecular flexibility index (Phi) is 6.16. The molecule has 0 saturated heterocycles. The van der Waals surface area contributed by atoms with Gasteiger partial charge in [0.15, 0.2) is 5.78 Å². The summed E-state index contributed by atoms with van der Waals surface area (Å²) < 4.78 is 0. The van der Waals surface area contributed by atoms with Crippen LogP contribution < -0.4 is 5.32 Å². The van der Waals surface area contributed by atoms with Gasteiger partial charge in [0.2, 0.25) is 0 Å². The number of fused-ring (bicyclic) bond motifs is 1. The molecule has 0 saturated carbocycles. The Morgan fingerprint density at radius 2 is 1.59 bits per heavy atom. The second kappa shape index (κ2) is 8.95. The average Bonchev–Trinajstić information content (AvgIpc) is 2.69. The summed E-state index contributed by atoms with van der Waals surface area (Å²) in [5.41, 5.74) is 2.27. The highest BCUT2D eigenvalue weighted by atomic mass is 16.2. The number of Topliss-reactive ketones (excluding diaryl/α,β-unsaturated/α-hetero) is 1. The van der Waals surface area contributed by atoms with Crippen LogP contribution in [0, 0.1) is 0 Å². The molecule has 0 fully saturated rings. The molecule has 3 aromatic rings. The van der Waals surface area contributed by atoms with Gasteiger partial charge < -0.3 is 5.32 Å². The molecule has 3 rings (SSSR count). The molecule has 0 radical (unpaired) electrons. The second-order valence-electron chi connectivity index (χ2n) is 6.57. The van der Waals surface area contributed by atoms with E-state index >= 15 is 0 Å². The molecular formula is C24H23NO2. The zero-order chi connectivity index (χ0) is 19.1. The van der Waals surface area contributed by atoms with Gasteiger partial charge in [0.1, 0.15) is 0 Å². The van der Waals surface area contributed by atoms with Gasteiger partial charge in [0.05, 0.1) is 5.57 Å². The highest BCUT2D eigenvalue weighted by Crippen LogP contribution is 2.18. The summed E-state index contributed by atoms with van der Waals surface area (Å²) in [6, 6.07) is 24.1. The number of hydrogen-bond acceptors (Lipinski definition) is 2. The number of ketones is 1. The topological polar surface area (TPSA) is 46.2 Å². The highest BCUT2D eigenvalue weighted by molar-refractivity contribution is 6.21. The minimum atomic E-state index is -0.316. The van der Waals surface area contributed by atoms with Gasteiger partial charge in [-0.05, 0) is 53.8 Å². The van der Waals surface area contributed by atoms with Crippen LogP contribution >= 0.6 is 0 Å². The minimum Gasteiger partial charge on any atom is -0.352 e. The van der Waals surface area contributed by atoms with Crippen molar-refractivity contribution < 1.29 is 9.59 Å². The monoisotopic (exact) mass is 357 g/mol. The molecule has 0 bridgehead atoms. The number of carbonyl (C=O) groups is 2. The number of amides is 1. The first-order valence-electron chi connectivity index (χ1n) is 9.17. The van der Waals surface area contributed by atoms with E-state index in [9.17, 15) is 9.59 Å². The van der Waals surface area contributed by atoms with Crippen LogP contribution in [0.1, 0.15) is 24.5 Å². The number of aryl methyl sites for hydroxylation is 1. The molecule has 0 aliphatic rings. The van der Waals surface area contributed by atoms with E-state index in [4.69, 9.17) is 0 Å². The molecule has 27 heavy (non-hydrogen) atoms. The lowest BCUT2D eigenvalue weighted by atomic mass is 10.0.